The Morgan fingerprint density at radius 2 is 1.60 bits per heavy atom. The SMILES string of the molecule is O=C(c1ccc2c(=O)n(-c3ccccc3)c(=S)[nH]c2c1)N1CCN(CCOc2ccccc2)CC1. The van der Waals surface area contributed by atoms with Crippen LogP contribution >= 0.6 is 12.2 Å². The summed E-state index contributed by atoms with van der Waals surface area (Å²) in [6.45, 7) is 4.31. The third-order valence-electron chi connectivity index (χ3n) is 6.24. The zero-order chi connectivity index (χ0) is 24.2. The average Bonchev–Trinajstić information content (AvgIpc) is 2.89. The van der Waals surface area contributed by atoms with Crippen molar-refractivity contribution in [2.75, 3.05) is 39.3 Å². The molecule has 0 aliphatic carbocycles. The van der Waals surface area contributed by atoms with E-state index in [2.05, 4.69) is 9.88 Å². The zero-order valence-corrected chi connectivity index (χ0v) is 20.0. The van der Waals surface area contributed by atoms with E-state index in [1.54, 1.807) is 18.2 Å². The number of fused-ring (bicyclic) bond motifs is 1. The van der Waals surface area contributed by atoms with Gasteiger partial charge in [0.05, 0.1) is 16.6 Å². The van der Waals surface area contributed by atoms with Gasteiger partial charge in [-0.1, -0.05) is 36.4 Å². The lowest BCUT2D eigenvalue weighted by Crippen LogP contribution is -2.49. The van der Waals surface area contributed by atoms with Gasteiger partial charge in [0.15, 0.2) is 4.77 Å². The van der Waals surface area contributed by atoms with Crippen molar-refractivity contribution in [2.45, 2.75) is 0 Å². The maximum absolute atomic E-state index is 13.2. The number of hydrogen-bond donors (Lipinski definition) is 1. The van der Waals surface area contributed by atoms with Crippen molar-refractivity contribution in [1.29, 1.82) is 0 Å². The summed E-state index contributed by atoms with van der Waals surface area (Å²) in [4.78, 5) is 33.6. The maximum atomic E-state index is 13.2. The van der Waals surface area contributed by atoms with Gasteiger partial charge in [-0.25, -0.2) is 0 Å². The highest BCUT2D eigenvalue weighted by atomic mass is 32.1. The van der Waals surface area contributed by atoms with E-state index in [9.17, 15) is 9.59 Å². The van der Waals surface area contributed by atoms with E-state index in [4.69, 9.17) is 17.0 Å². The van der Waals surface area contributed by atoms with E-state index in [0.29, 0.717) is 46.6 Å². The minimum Gasteiger partial charge on any atom is -0.492 e. The van der Waals surface area contributed by atoms with Crippen molar-refractivity contribution in [3.63, 3.8) is 0 Å². The second kappa shape index (κ2) is 10.2. The fourth-order valence-corrected chi connectivity index (χ4v) is 4.63. The number of nitrogens with one attached hydrogen (secondary N) is 1. The fraction of sp³-hybridized carbons (Fsp3) is 0.222. The number of benzene rings is 3. The summed E-state index contributed by atoms with van der Waals surface area (Å²) in [5.74, 6) is 0.825. The Hall–Kier alpha value is -3.75. The third kappa shape index (κ3) is 5.03. The van der Waals surface area contributed by atoms with Crippen molar-refractivity contribution in [1.82, 2.24) is 19.4 Å². The molecule has 8 heteroatoms. The van der Waals surface area contributed by atoms with Crippen LogP contribution in [0.25, 0.3) is 16.6 Å². The first-order valence-corrected chi connectivity index (χ1v) is 12.0. The molecule has 1 aliphatic rings. The van der Waals surface area contributed by atoms with Crippen LogP contribution in [0.5, 0.6) is 5.75 Å². The largest absolute Gasteiger partial charge is 0.492 e. The van der Waals surface area contributed by atoms with Crippen LogP contribution in [-0.4, -0.2) is 64.6 Å². The van der Waals surface area contributed by atoms with E-state index >= 15 is 0 Å². The second-order valence-electron chi connectivity index (χ2n) is 8.46. The maximum Gasteiger partial charge on any atom is 0.266 e. The minimum atomic E-state index is -0.208. The van der Waals surface area contributed by atoms with E-state index in [1.807, 2.05) is 65.6 Å². The molecular weight excluding hydrogens is 460 g/mol. The first kappa shape index (κ1) is 23.0. The molecule has 1 N–H and O–H groups in total. The van der Waals surface area contributed by atoms with Gasteiger partial charge in [-0.15, -0.1) is 0 Å². The first-order valence-electron chi connectivity index (χ1n) is 11.6. The van der Waals surface area contributed by atoms with Crippen LogP contribution in [0.2, 0.25) is 0 Å². The highest BCUT2D eigenvalue weighted by Crippen LogP contribution is 2.16. The third-order valence-corrected chi connectivity index (χ3v) is 6.52. The summed E-state index contributed by atoms with van der Waals surface area (Å²) in [5.41, 5.74) is 1.60. The van der Waals surface area contributed by atoms with E-state index < -0.39 is 0 Å². The van der Waals surface area contributed by atoms with E-state index in [-0.39, 0.29) is 11.5 Å². The highest BCUT2D eigenvalue weighted by molar-refractivity contribution is 7.71. The fourth-order valence-electron chi connectivity index (χ4n) is 4.33. The Kier molecular flexibility index (Phi) is 6.74. The van der Waals surface area contributed by atoms with Gasteiger partial charge in [-0.2, -0.15) is 0 Å². The molecule has 178 valence electrons. The normalized spacial score (nSPS) is 14.2. The summed E-state index contributed by atoms with van der Waals surface area (Å²) in [6.07, 6.45) is 0. The van der Waals surface area contributed by atoms with Gasteiger partial charge in [0.2, 0.25) is 0 Å². The topological polar surface area (TPSA) is 70.6 Å². The molecule has 1 fully saturated rings. The van der Waals surface area contributed by atoms with Gasteiger partial charge in [-0.05, 0) is 54.7 Å². The molecule has 0 unspecified atom stereocenters. The van der Waals surface area contributed by atoms with Crippen LogP contribution in [0, 0.1) is 4.77 Å². The van der Waals surface area contributed by atoms with Gasteiger partial charge >= 0.3 is 0 Å². The molecule has 1 aromatic heterocycles. The number of amides is 1. The standard InChI is InChI=1S/C27H26N4O3S/c32-25(30-15-13-29(14-16-30)17-18-34-22-9-5-2-6-10-22)20-11-12-23-24(19-20)28-27(35)31(26(23)33)21-7-3-1-4-8-21/h1-12,19H,13-18H2,(H,28,35). The molecule has 4 aromatic rings. The number of rotatable bonds is 6. The summed E-state index contributed by atoms with van der Waals surface area (Å²) < 4.78 is 7.56. The van der Waals surface area contributed by atoms with Gasteiger partial charge in [-0.3, -0.25) is 19.1 Å². The average molecular weight is 487 g/mol. The van der Waals surface area contributed by atoms with Gasteiger partial charge in [0, 0.05) is 38.3 Å². The highest BCUT2D eigenvalue weighted by Gasteiger charge is 2.22. The van der Waals surface area contributed by atoms with Gasteiger partial charge in [0.25, 0.3) is 11.5 Å². The monoisotopic (exact) mass is 486 g/mol. The lowest BCUT2D eigenvalue weighted by Gasteiger charge is -2.34. The summed E-state index contributed by atoms with van der Waals surface area (Å²) in [5, 5.41) is 0.488. The molecule has 1 amide bonds. The van der Waals surface area contributed by atoms with E-state index in [1.165, 1.54) is 4.57 Å². The van der Waals surface area contributed by atoms with Crippen molar-refractivity contribution in [3.8, 4) is 11.4 Å². The van der Waals surface area contributed by atoms with Crippen LogP contribution in [0.1, 0.15) is 10.4 Å². The Morgan fingerprint density at radius 1 is 0.914 bits per heavy atom. The van der Waals surface area contributed by atoms with Gasteiger partial charge in [0.1, 0.15) is 12.4 Å². The van der Waals surface area contributed by atoms with Crippen molar-refractivity contribution in [3.05, 3.63) is 99.6 Å². The summed E-state index contributed by atoms with van der Waals surface area (Å²) in [6, 6.07) is 24.2. The van der Waals surface area contributed by atoms with Gasteiger partial charge < -0.3 is 14.6 Å². The number of hydrogen-bond acceptors (Lipinski definition) is 5. The number of H-pyrrole nitrogens is 1. The lowest BCUT2D eigenvalue weighted by molar-refractivity contribution is 0.0620. The van der Waals surface area contributed by atoms with Crippen LogP contribution in [0.3, 0.4) is 0 Å². The van der Waals surface area contributed by atoms with Crippen molar-refractivity contribution >= 4 is 29.0 Å². The Morgan fingerprint density at radius 3 is 2.31 bits per heavy atom. The van der Waals surface area contributed by atoms with Crippen molar-refractivity contribution in [2.24, 2.45) is 0 Å². The number of nitrogens with zero attached hydrogens (tertiary/aromatic N) is 3. The van der Waals surface area contributed by atoms with Crippen molar-refractivity contribution < 1.29 is 9.53 Å². The number of para-hydroxylation sites is 2. The molecular formula is C27H26N4O3S. The molecule has 3 aromatic carbocycles. The molecule has 0 radical (unpaired) electrons. The lowest BCUT2D eigenvalue weighted by atomic mass is 10.1. The molecule has 0 saturated carbocycles. The predicted molar refractivity (Wildman–Crippen MR) is 139 cm³/mol. The second-order valence-corrected chi connectivity index (χ2v) is 8.85. The van der Waals surface area contributed by atoms with E-state index in [0.717, 1.165) is 25.4 Å². The molecule has 7 nitrogen and oxygen atoms in total. The number of aromatic amines is 1. The minimum absolute atomic E-state index is 0.0429. The number of ether oxygens (including phenoxy) is 1. The Labute approximate surface area is 208 Å². The molecule has 0 spiro atoms. The Bertz CT molecular complexity index is 1440. The smallest absolute Gasteiger partial charge is 0.266 e. The van der Waals surface area contributed by atoms with Crippen LogP contribution in [0.4, 0.5) is 0 Å². The predicted octanol–water partition coefficient (Wildman–Crippen LogP) is 3.89. The molecule has 1 aliphatic heterocycles. The Balaban J connectivity index is 1.25. The first-order chi connectivity index (χ1) is 17.1. The van der Waals surface area contributed by atoms with Crippen LogP contribution in [0.15, 0.2) is 83.7 Å². The summed E-state index contributed by atoms with van der Waals surface area (Å²) >= 11 is 5.46. The molecule has 0 atom stereocenters. The van der Waals surface area contributed by atoms with Crippen LogP contribution in [-0.2, 0) is 0 Å². The zero-order valence-electron chi connectivity index (χ0n) is 19.2. The quantitative estimate of drug-likeness (QED) is 0.419. The number of carbonyl (C=O) groups is 1. The number of aromatic nitrogens is 2. The number of carbonyl (C=O) groups excluding carboxylic acids is 1. The molecule has 1 saturated heterocycles. The molecule has 0 bridgehead atoms. The number of piperazine rings is 1. The summed E-state index contributed by atoms with van der Waals surface area (Å²) in [7, 11) is 0. The molecule has 5 rings (SSSR count). The molecule has 2 heterocycles. The molecule has 35 heavy (non-hydrogen) atoms. The van der Waals surface area contributed by atoms with Crippen LogP contribution < -0.4 is 10.3 Å².